The highest BCUT2D eigenvalue weighted by molar-refractivity contribution is 5.73. The number of hydrogen-bond acceptors (Lipinski definition) is 7. The van der Waals surface area contributed by atoms with Crippen LogP contribution in [0.25, 0.3) is 16.8 Å². The molecule has 9 nitrogen and oxygen atoms in total. The Morgan fingerprint density at radius 1 is 1.20 bits per heavy atom. The number of nitrogens with zero attached hydrogens (tertiary/aromatic N) is 5. The zero-order chi connectivity index (χ0) is 29.3. The lowest BCUT2D eigenvalue weighted by molar-refractivity contribution is -0.131. The van der Waals surface area contributed by atoms with Gasteiger partial charge in [0.2, 0.25) is 5.91 Å². The Balaban J connectivity index is 1.43. The molecule has 4 aromatic rings. The number of nitrogens with two attached hydrogens (primary N) is 1. The van der Waals surface area contributed by atoms with Gasteiger partial charge in [0.15, 0.2) is 0 Å². The van der Waals surface area contributed by atoms with E-state index in [4.69, 9.17) is 15.6 Å². The quantitative estimate of drug-likeness (QED) is 0.335. The number of pyridine rings is 1. The maximum atomic E-state index is 15.0. The van der Waals surface area contributed by atoms with Crippen LogP contribution in [0, 0.1) is 17.6 Å². The van der Waals surface area contributed by atoms with Gasteiger partial charge in [0.05, 0.1) is 29.6 Å². The first kappa shape index (κ1) is 28.6. The molecule has 3 heterocycles. The molecule has 11 heteroatoms. The SMILES string of the molecule is CC(=O)N(C)[C@@H]1[C@H](N)C[C@H](c2ccncc2Cc2ncc3ccc(-c4c(F)cc(OCCO)cc4F)nn23)C[C@@H]1C. The maximum Gasteiger partial charge on any atom is 0.219 e. The summed E-state index contributed by atoms with van der Waals surface area (Å²) in [6.07, 6.45) is 7.25. The van der Waals surface area contributed by atoms with Gasteiger partial charge in [-0.2, -0.15) is 5.10 Å². The van der Waals surface area contributed by atoms with E-state index in [1.54, 1.807) is 40.9 Å². The first-order valence-corrected chi connectivity index (χ1v) is 13.7. The number of fused-ring (bicyclic) bond motifs is 1. The summed E-state index contributed by atoms with van der Waals surface area (Å²) < 4.78 is 36.7. The number of carbonyl (C=O) groups excluding carboxylic acids is 1. The summed E-state index contributed by atoms with van der Waals surface area (Å²) >= 11 is 0. The van der Waals surface area contributed by atoms with E-state index in [1.807, 2.05) is 19.3 Å². The molecule has 3 N–H and O–H groups in total. The molecule has 1 aliphatic rings. The van der Waals surface area contributed by atoms with Gasteiger partial charge in [0.25, 0.3) is 0 Å². The molecule has 5 rings (SSSR count). The molecule has 1 saturated carbocycles. The van der Waals surface area contributed by atoms with Crippen molar-refractivity contribution >= 4 is 11.4 Å². The summed E-state index contributed by atoms with van der Waals surface area (Å²) in [5.41, 5.74) is 9.21. The predicted molar refractivity (Wildman–Crippen MR) is 149 cm³/mol. The van der Waals surface area contributed by atoms with Crippen molar-refractivity contribution in [3.63, 3.8) is 0 Å². The number of aromatic nitrogens is 4. The number of amides is 1. The third kappa shape index (κ3) is 5.77. The van der Waals surface area contributed by atoms with Gasteiger partial charge in [-0.25, -0.2) is 18.3 Å². The highest BCUT2D eigenvalue weighted by atomic mass is 19.1. The lowest BCUT2D eigenvalue weighted by atomic mass is 9.72. The van der Waals surface area contributed by atoms with Crippen molar-refractivity contribution in [3.8, 4) is 17.0 Å². The van der Waals surface area contributed by atoms with E-state index in [0.29, 0.717) is 17.8 Å². The molecule has 0 unspecified atom stereocenters. The molecule has 0 radical (unpaired) electrons. The third-order valence-corrected chi connectivity index (χ3v) is 7.99. The zero-order valence-electron chi connectivity index (χ0n) is 23.3. The van der Waals surface area contributed by atoms with Crippen LogP contribution < -0.4 is 10.5 Å². The Bertz CT molecular complexity index is 1530. The van der Waals surface area contributed by atoms with Gasteiger partial charge in [0.1, 0.15) is 29.8 Å². The van der Waals surface area contributed by atoms with E-state index < -0.39 is 11.6 Å². The van der Waals surface area contributed by atoms with Crippen LogP contribution in [-0.4, -0.2) is 67.8 Å². The summed E-state index contributed by atoms with van der Waals surface area (Å²) in [6.45, 7) is 3.36. The molecule has 0 spiro atoms. The monoisotopic (exact) mass is 564 g/mol. The van der Waals surface area contributed by atoms with Crippen LogP contribution in [-0.2, 0) is 11.2 Å². The lowest BCUT2D eigenvalue weighted by Crippen LogP contribution is -2.54. The summed E-state index contributed by atoms with van der Waals surface area (Å²) in [5.74, 6) is -0.664. The number of aliphatic hydroxyl groups excluding tert-OH is 1. The fourth-order valence-corrected chi connectivity index (χ4v) is 6.09. The van der Waals surface area contributed by atoms with Crippen LogP contribution in [0.3, 0.4) is 0 Å². The summed E-state index contributed by atoms with van der Waals surface area (Å²) in [5, 5.41) is 13.5. The Hall–Kier alpha value is -3.96. The number of aliphatic hydroxyl groups is 1. The van der Waals surface area contributed by atoms with Crippen LogP contribution >= 0.6 is 0 Å². The molecule has 41 heavy (non-hydrogen) atoms. The number of rotatable bonds is 8. The van der Waals surface area contributed by atoms with E-state index in [2.05, 4.69) is 22.0 Å². The number of halogens is 2. The van der Waals surface area contributed by atoms with Crippen LogP contribution in [0.5, 0.6) is 5.75 Å². The highest BCUT2D eigenvalue weighted by Gasteiger charge is 2.38. The second kappa shape index (κ2) is 11.9. The van der Waals surface area contributed by atoms with Crippen molar-refractivity contribution in [3.05, 3.63) is 77.5 Å². The van der Waals surface area contributed by atoms with Crippen molar-refractivity contribution < 1.29 is 23.4 Å². The Morgan fingerprint density at radius 3 is 2.63 bits per heavy atom. The van der Waals surface area contributed by atoms with E-state index in [9.17, 15) is 13.6 Å². The van der Waals surface area contributed by atoms with Crippen LogP contribution in [0.4, 0.5) is 8.78 Å². The summed E-state index contributed by atoms with van der Waals surface area (Å²) in [6, 6.07) is 7.23. The average molecular weight is 565 g/mol. The molecule has 0 aliphatic heterocycles. The molecular weight excluding hydrogens is 530 g/mol. The van der Waals surface area contributed by atoms with E-state index in [0.717, 1.165) is 36.1 Å². The van der Waals surface area contributed by atoms with Crippen molar-refractivity contribution in [1.82, 2.24) is 24.5 Å². The van der Waals surface area contributed by atoms with Crippen LogP contribution in [0.1, 0.15) is 49.6 Å². The van der Waals surface area contributed by atoms with Crippen molar-refractivity contribution in [2.45, 2.75) is 51.1 Å². The second-order valence-corrected chi connectivity index (χ2v) is 10.7. The van der Waals surface area contributed by atoms with Gasteiger partial charge in [-0.3, -0.25) is 9.78 Å². The molecule has 1 amide bonds. The predicted octanol–water partition coefficient (Wildman–Crippen LogP) is 3.72. The largest absolute Gasteiger partial charge is 0.491 e. The molecule has 1 fully saturated rings. The molecule has 4 atom stereocenters. The first-order valence-electron chi connectivity index (χ1n) is 13.7. The van der Waals surface area contributed by atoms with E-state index in [-0.39, 0.29) is 60.0 Å². The first-order chi connectivity index (χ1) is 19.7. The number of benzene rings is 1. The minimum absolute atomic E-state index is 0.00383. The number of imidazole rings is 1. The van der Waals surface area contributed by atoms with Gasteiger partial charge in [-0.1, -0.05) is 6.92 Å². The number of hydrogen-bond donors (Lipinski definition) is 2. The fourth-order valence-electron chi connectivity index (χ4n) is 6.09. The normalized spacial score (nSPS) is 20.8. The van der Waals surface area contributed by atoms with Gasteiger partial charge in [-0.05, 0) is 54.0 Å². The number of likely N-dealkylation sites (N-methyl/N-ethyl adjacent to an activating group) is 1. The highest BCUT2D eigenvalue weighted by Crippen LogP contribution is 2.39. The maximum absolute atomic E-state index is 15.0. The van der Waals surface area contributed by atoms with Gasteiger partial charge >= 0.3 is 0 Å². The van der Waals surface area contributed by atoms with Crippen LogP contribution in [0.2, 0.25) is 0 Å². The molecule has 3 aromatic heterocycles. The molecule has 1 aromatic carbocycles. The minimum atomic E-state index is -0.822. The van der Waals surface area contributed by atoms with Gasteiger partial charge in [0, 0.05) is 57.0 Å². The van der Waals surface area contributed by atoms with E-state index >= 15 is 0 Å². The van der Waals surface area contributed by atoms with Crippen LogP contribution in [0.15, 0.2) is 48.9 Å². The summed E-state index contributed by atoms with van der Waals surface area (Å²) in [4.78, 5) is 22.7. The lowest BCUT2D eigenvalue weighted by Gasteiger charge is -2.43. The summed E-state index contributed by atoms with van der Waals surface area (Å²) in [7, 11) is 1.81. The smallest absolute Gasteiger partial charge is 0.219 e. The fraction of sp³-hybridized carbons (Fsp3) is 0.400. The Kier molecular flexibility index (Phi) is 8.27. The Labute approximate surface area is 237 Å². The molecule has 0 bridgehead atoms. The minimum Gasteiger partial charge on any atom is -0.491 e. The molecular formula is C30H34F2N6O3. The topological polar surface area (TPSA) is 119 Å². The second-order valence-electron chi connectivity index (χ2n) is 10.7. The van der Waals surface area contributed by atoms with Crippen molar-refractivity contribution in [2.24, 2.45) is 11.7 Å². The third-order valence-electron chi connectivity index (χ3n) is 7.99. The molecule has 0 saturated heterocycles. The van der Waals surface area contributed by atoms with Crippen molar-refractivity contribution in [2.75, 3.05) is 20.3 Å². The zero-order valence-corrected chi connectivity index (χ0v) is 23.3. The van der Waals surface area contributed by atoms with Gasteiger partial charge < -0.3 is 20.5 Å². The van der Waals surface area contributed by atoms with Gasteiger partial charge in [-0.15, -0.1) is 0 Å². The Morgan fingerprint density at radius 2 is 1.95 bits per heavy atom. The number of ether oxygens (including phenoxy) is 1. The number of carbonyl (C=O) groups is 1. The standard InChI is InChI=1S/C30H34F2N6O3/c1-17-10-19(11-26(33)30(17)37(3)18(2)40)23-6-7-34-15-20(23)12-28-35-16-21-4-5-27(36-38(21)28)29-24(31)13-22(14-25(29)32)41-9-8-39/h4-7,13-17,19,26,30,39H,8-12,33H2,1-3H3/t17-,19+,26+,30-/m0/s1. The molecule has 216 valence electrons. The average Bonchev–Trinajstić information content (AvgIpc) is 3.33. The van der Waals surface area contributed by atoms with E-state index in [1.165, 1.54) is 0 Å². The van der Waals surface area contributed by atoms with Crippen molar-refractivity contribution in [1.29, 1.82) is 0 Å². The molecule has 1 aliphatic carbocycles.